The predicted octanol–water partition coefficient (Wildman–Crippen LogP) is 7.13. The fourth-order valence-corrected chi connectivity index (χ4v) is 8.77. The quantitative estimate of drug-likeness (QED) is 0.131. The normalized spacial score (nSPS) is 14.6. The second kappa shape index (κ2) is 14.7. The molecule has 0 fully saturated rings. The summed E-state index contributed by atoms with van der Waals surface area (Å²) in [5, 5.41) is 0. The minimum Gasteiger partial charge on any atom is -0.493 e. The van der Waals surface area contributed by atoms with Crippen LogP contribution in [0.3, 0.4) is 0 Å². The maximum Gasteiger partial charge on any atom is 0.338 e. The molecule has 0 aliphatic carbocycles. The van der Waals surface area contributed by atoms with Crippen LogP contribution in [0.5, 0.6) is 17.2 Å². The molecule has 5 rings (SSSR count). The highest BCUT2D eigenvalue weighted by molar-refractivity contribution is 14.1. The highest BCUT2D eigenvalue weighted by Gasteiger charge is 2.35. The SMILES string of the molecule is CCOC(=O)C1=C(C)N=c2s/c(=C\c3cc(I)cc(I)c3OCc3ccc(Br)cc3)c(=O)n2[C@@H]1c1cc(OC)c(OC)cc1Br. The van der Waals surface area contributed by atoms with Gasteiger partial charge in [0.05, 0.1) is 46.2 Å². The van der Waals surface area contributed by atoms with E-state index in [4.69, 9.17) is 23.9 Å². The standard InChI is InChI=1S/C32H26Br2I2N2O6S/c1-5-43-31(40)27-16(2)37-32-38(28(27)21-13-24(41-3)25(42-4)14-22(21)34)30(39)26(45-32)11-18-10-20(35)12-23(36)29(18)44-15-17-6-8-19(33)9-7-17/h6-14,28H,5,15H2,1-4H3/b26-11-/t28-/m1/s1. The first-order valence-corrected chi connectivity index (χ1v) is 18.1. The van der Waals surface area contributed by atoms with Gasteiger partial charge < -0.3 is 18.9 Å². The second-order valence-corrected chi connectivity index (χ2v) is 14.9. The lowest BCUT2D eigenvalue weighted by Gasteiger charge is -2.26. The number of aromatic nitrogens is 1. The molecular formula is C32H26Br2I2N2O6S. The van der Waals surface area contributed by atoms with Crippen LogP contribution in [0.1, 0.15) is 36.6 Å². The summed E-state index contributed by atoms with van der Waals surface area (Å²) in [5.74, 6) is 1.09. The summed E-state index contributed by atoms with van der Waals surface area (Å²) in [6.07, 6.45) is 1.83. The minimum atomic E-state index is -0.833. The lowest BCUT2D eigenvalue weighted by Crippen LogP contribution is -2.40. The monoisotopic (exact) mass is 978 g/mol. The Bertz CT molecular complexity index is 2010. The summed E-state index contributed by atoms with van der Waals surface area (Å²) in [6.45, 7) is 4.03. The van der Waals surface area contributed by atoms with Gasteiger partial charge in [-0.25, -0.2) is 9.79 Å². The van der Waals surface area contributed by atoms with Gasteiger partial charge in [-0.1, -0.05) is 55.3 Å². The van der Waals surface area contributed by atoms with Gasteiger partial charge >= 0.3 is 5.97 Å². The molecule has 0 saturated carbocycles. The van der Waals surface area contributed by atoms with E-state index in [9.17, 15) is 9.59 Å². The fraction of sp³-hybridized carbons (Fsp3) is 0.219. The van der Waals surface area contributed by atoms with Crippen molar-refractivity contribution in [3.05, 3.63) is 112 Å². The number of carbonyl (C=O) groups is 1. The molecular weight excluding hydrogens is 954 g/mol. The lowest BCUT2D eigenvalue weighted by atomic mass is 9.95. The number of thiazole rings is 1. The number of hydrogen-bond donors (Lipinski definition) is 0. The molecule has 1 aromatic heterocycles. The number of benzene rings is 3. The highest BCUT2D eigenvalue weighted by atomic mass is 127. The molecule has 1 aliphatic heterocycles. The largest absolute Gasteiger partial charge is 0.493 e. The van der Waals surface area contributed by atoms with E-state index in [0.717, 1.165) is 22.7 Å². The molecule has 2 heterocycles. The van der Waals surface area contributed by atoms with E-state index in [-0.39, 0.29) is 17.7 Å². The molecule has 0 spiro atoms. The average molecular weight is 980 g/mol. The Morgan fingerprint density at radius 3 is 2.42 bits per heavy atom. The Morgan fingerprint density at radius 2 is 1.76 bits per heavy atom. The number of esters is 1. The van der Waals surface area contributed by atoms with Crippen LogP contribution in [0.4, 0.5) is 0 Å². The first-order valence-electron chi connectivity index (χ1n) is 13.5. The average Bonchev–Trinajstić information content (AvgIpc) is 3.30. The van der Waals surface area contributed by atoms with Crippen molar-refractivity contribution >= 4 is 100 Å². The molecule has 0 N–H and O–H groups in total. The van der Waals surface area contributed by atoms with E-state index in [1.165, 1.54) is 18.4 Å². The Hall–Kier alpha value is -2.21. The summed E-state index contributed by atoms with van der Waals surface area (Å²) in [7, 11) is 3.08. The topological polar surface area (TPSA) is 88.4 Å². The molecule has 0 saturated heterocycles. The van der Waals surface area contributed by atoms with Gasteiger partial charge in [0.25, 0.3) is 5.56 Å². The first kappa shape index (κ1) is 34.1. The van der Waals surface area contributed by atoms with E-state index in [0.29, 0.717) is 48.9 Å². The Labute approximate surface area is 307 Å². The summed E-state index contributed by atoms with van der Waals surface area (Å²) in [4.78, 5) is 32.8. The van der Waals surface area contributed by atoms with E-state index in [1.807, 2.05) is 42.5 Å². The second-order valence-electron chi connectivity index (χ2n) is 9.75. The molecule has 1 atom stereocenters. The first-order chi connectivity index (χ1) is 21.6. The molecule has 8 nitrogen and oxygen atoms in total. The van der Waals surface area contributed by atoms with Crippen LogP contribution in [0.2, 0.25) is 0 Å². The number of allylic oxidation sites excluding steroid dienone is 1. The summed E-state index contributed by atoms with van der Waals surface area (Å²) < 4.78 is 28.4. The van der Waals surface area contributed by atoms with Crippen LogP contribution < -0.4 is 29.1 Å². The lowest BCUT2D eigenvalue weighted by molar-refractivity contribution is -0.139. The van der Waals surface area contributed by atoms with E-state index < -0.39 is 12.0 Å². The summed E-state index contributed by atoms with van der Waals surface area (Å²) >= 11 is 12.9. The molecule has 0 unspecified atom stereocenters. The van der Waals surface area contributed by atoms with Crippen molar-refractivity contribution in [1.82, 2.24) is 4.57 Å². The molecule has 1 aliphatic rings. The van der Waals surface area contributed by atoms with Crippen LogP contribution in [0.15, 0.2) is 78.5 Å². The summed E-state index contributed by atoms with van der Waals surface area (Å²) in [6, 6.07) is 14.6. The Kier molecular flexibility index (Phi) is 11.1. The third kappa shape index (κ3) is 7.21. The molecule has 0 radical (unpaired) electrons. The van der Waals surface area contributed by atoms with Gasteiger partial charge in [-0.15, -0.1) is 0 Å². The van der Waals surface area contributed by atoms with Crippen LogP contribution in [0.25, 0.3) is 6.08 Å². The van der Waals surface area contributed by atoms with Crippen molar-refractivity contribution in [3.8, 4) is 17.2 Å². The van der Waals surface area contributed by atoms with Crippen molar-refractivity contribution in [2.75, 3.05) is 20.8 Å². The maximum absolute atomic E-state index is 14.3. The Balaban J connectivity index is 1.69. The number of hydrogen-bond acceptors (Lipinski definition) is 8. The number of ether oxygens (including phenoxy) is 4. The molecule has 3 aromatic carbocycles. The highest BCUT2D eigenvalue weighted by Crippen LogP contribution is 2.41. The van der Waals surface area contributed by atoms with E-state index >= 15 is 0 Å². The maximum atomic E-state index is 14.3. The van der Waals surface area contributed by atoms with Gasteiger partial charge in [-0.2, -0.15) is 0 Å². The van der Waals surface area contributed by atoms with Crippen LogP contribution in [-0.4, -0.2) is 31.4 Å². The zero-order valence-corrected chi connectivity index (χ0v) is 32.8. The van der Waals surface area contributed by atoms with Gasteiger partial charge in [0.2, 0.25) is 0 Å². The van der Waals surface area contributed by atoms with Crippen molar-refractivity contribution < 1.29 is 23.7 Å². The Morgan fingerprint density at radius 1 is 1.07 bits per heavy atom. The molecule has 45 heavy (non-hydrogen) atoms. The predicted molar refractivity (Wildman–Crippen MR) is 198 cm³/mol. The molecule has 234 valence electrons. The molecule has 0 bridgehead atoms. The third-order valence-electron chi connectivity index (χ3n) is 6.93. The van der Waals surface area contributed by atoms with Crippen molar-refractivity contribution in [2.24, 2.45) is 4.99 Å². The number of rotatable bonds is 9. The zero-order chi connectivity index (χ0) is 32.4. The number of nitrogens with zero attached hydrogens (tertiary/aromatic N) is 2. The number of fused-ring (bicyclic) bond motifs is 1. The van der Waals surface area contributed by atoms with Gasteiger partial charge in [-0.3, -0.25) is 9.36 Å². The minimum absolute atomic E-state index is 0.175. The smallest absolute Gasteiger partial charge is 0.338 e. The third-order valence-corrected chi connectivity index (χ3v) is 10.6. The van der Waals surface area contributed by atoms with Crippen LogP contribution >= 0.6 is 88.4 Å². The van der Waals surface area contributed by atoms with E-state index in [2.05, 4.69) is 77.0 Å². The number of carbonyl (C=O) groups excluding carboxylic acids is 1. The fourth-order valence-electron chi connectivity index (χ4n) is 4.88. The summed E-state index contributed by atoms with van der Waals surface area (Å²) in [5.41, 5.74) is 2.84. The van der Waals surface area contributed by atoms with Crippen LogP contribution in [-0.2, 0) is 16.1 Å². The molecule has 0 amide bonds. The van der Waals surface area contributed by atoms with Gasteiger partial charge in [-0.05, 0) is 113 Å². The van der Waals surface area contributed by atoms with Crippen molar-refractivity contribution in [1.29, 1.82) is 0 Å². The van der Waals surface area contributed by atoms with Crippen LogP contribution in [0, 0.1) is 7.14 Å². The van der Waals surface area contributed by atoms with Crippen molar-refractivity contribution in [2.45, 2.75) is 26.5 Å². The van der Waals surface area contributed by atoms with Crippen molar-refractivity contribution in [3.63, 3.8) is 0 Å². The molecule has 13 heteroatoms. The zero-order valence-electron chi connectivity index (χ0n) is 24.5. The molecule has 4 aromatic rings. The van der Waals surface area contributed by atoms with Gasteiger partial charge in [0.15, 0.2) is 16.3 Å². The van der Waals surface area contributed by atoms with Gasteiger partial charge in [0, 0.05) is 18.1 Å². The number of methoxy groups -OCH3 is 2. The number of halogens is 4. The van der Waals surface area contributed by atoms with E-state index in [1.54, 1.807) is 37.7 Å². The van der Waals surface area contributed by atoms with Gasteiger partial charge in [0.1, 0.15) is 12.4 Å².